The maximum absolute atomic E-state index is 14.6. The summed E-state index contributed by atoms with van der Waals surface area (Å²) < 4.78 is 29.5. The summed E-state index contributed by atoms with van der Waals surface area (Å²) in [4.78, 5) is 29.8. The van der Waals surface area contributed by atoms with E-state index in [2.05, 4.69) is 5.32 Å². The number of aryl methyl sites for hydroxylation is 3. The van der Waals surface area contributed by atoms with Gasteiger partial charge in [-0.3, -0.25) is 13.9 Å². The highest BCUT2D eigenvalue weighted by atomic mass is 35.5. The molecule has 0 unspecified atom stereocenters. The number of carbonyl (C=O) groups excluding carboxylic acids is 2. The molecule has 0 saturated heterocycles. The fourth-order valence-corrected chi connectivity index (χ4v) is 6.57. The maximum atomic E-state index is 14.6. The number of amides is 2. The predicted octanol–water partition coefficient (Wildman–Crippen LogP) is 6.63. The van der Waals surface area contributed by atoms with Gasteiger partial charge in [-0.25, -0.2) is 8.42 Å². The minimum atomic E-state index is -4.20. The summed E-state index contributed by atoms with van der Waals surface area (Å²) in [5.41, 5.74) is 4.94. The summed E-state index contributed by atoms with van der Waals surface area (Å²) in [6, 6.07) is 27.5. The number of nitrogens with zero attached hydrogens (tertiary/aromatic N) is 2. The summed E-state index contributed by atoms with van der Waals surface area (Å²) in [6.45, 7) is 7.83. The Balaban J connectivity index is 1.82. The second kappa shape index (κ2) is 15.2. The highest BCUT2D eigenvalue weighted by molar-refractivity contribution is 7.92. The zero-order valence-electron chi connectivity index (χ0n) is 26.2. The Hall–Kier alpha value is -4.14. The van der Waals surface area contributed by atoms with Crippen LogP contribution >= 0.6 is 11.6 Å². The number of sulfonamides is 1. The molecule has 236 valence electrons. The van der Waals surface area contributed by atoms with Gasteiger partial charge in [0.15, 0.2) is 0 Å². The van der Waals surface area contributed by atoms with Crippen molar-refractivity contribution in [2.45, 2.75) is 58.0 Å². The van der Waals surface area contributed by atoms with Crippen LogP contribution in [0.25, 0.3) is 0 Å². The Morgan fingerprint density at radius 3 is 2.13 bits per heavy atom. The van der Waals surface area contributed by atoms with Crippen molar-refractivity contribution >= 4 is 39.1 Å². The molecule has 0 heterocycles. The molecule has 4 aromatic rings. The van der Waals surface area contributed by atoms with E-state index in [9.17, 15) is 18.0 Å². The van der Waals surface area contributed by atoms with Gasteiger partial charge in [0.2, 0.25) is 11.8 Å². The van der Waals surface area contributed by atoms with Crippen LogP contribution in [0.1, 0.15) is 41.2 Å². The Kier molecular flexibility index (Phi) is 11.4. The van der Waals surface area contributed by atoms with E-state index >= 15 is 0 Å². The zero-order valence-corrected chi connectivity index (χ0v) is 27.7. The molecule has 1 N–H and O–H groups in total. The van der Waals surface area contributed by atoms with Crippen molar-refractivity contribution in [1.29, 1.82) is 0 Å². The molecule has 45 heavy (non-hydrogen) atoms. The van der Waals surface area contributed by atoms with E-state index in [-0.39, 0.29) is 23.8 Å². The third kappa shape index (κ3) is 8.53. The van der Waals surface area contributed by atoms with E-state index in [1.165, 1.54) is 29.2 Å². The molecule has 0 spiro atoms. The monoisotopic (exact) mass is 645 g/mol. The highest BCUT2D eigenvalue weighted by Gasteiger charge is 2.34. The van der Waals surface area contributed by atoms with Crippen LogP contribution in [0.3, 0.4) is 0 Å². The lowest BCUT2D eigenvalue weighted by molar-refractivity contribution is -0.140. The maximum Gasteiger partial charge on any atom is 0.264 e. The molecule has 0 aromatic heterocycles. The molecule has 7 nitrogen and oxygen atoms in total. The van der Waals surface area contributed by atoms with Crippen LogP contribution in [0, 0.1) is 20.8 Å². The molecule has 0 aliphatic rings. The average molecular weight is 646 g/mol. The van der Waals surface area contributed by atoms with Gasteiger partial charge in [0, 0.05) is 24.5 Å². The van der Waals surface area contributed by atoms with Crippen LogP contribution in [0.5, 0.6) is 0 Å². The molecular weight excluding hydrogens is 606 g/mol. The third-order valence-corrected chi connectivity index (χ3v) is 9.92. The fraction of sp³-hybridized carbons (Fsp3) is 0.278. The van der Waals surface area contributed by atoms with Crippen LogP contribution in [0.15, 0.2) is 102 Å². The lowest BCUT2D eigenvalue weighted by Crippen LogP contribution is -2.53. The second-order valence-electron chi connectivity index (χ2n) is 11.2. The molecule has 4 aromatic carbocycles. The van der Waals surface area contributed by atoms with Gasteiger partial charge in [0.25, 0.3) is 10.0 Å². The van der Waals surface area contributed by atoms with Gasteiger partial charge in [-0.1, -0.05) is 79.2 Å². The zero-order chi connectivity index (χ0) is 32.6. The van der Waals surface area contributed by atoms with Gasteiger partial charge in [-0.2, -0.15) is 0 Å². The van der Waals surface area contributed by atoms with Crippen LogP contribution in [-0.2, 0) is 32.6 Å². The van der Waals surface area contributed by atoms with Gasteiger partial charge >= 0.3 is 0 Å². The second-order valence-corrected chi connectivity index (χ2v) is 13.5. The van der Waals surface area contributed by atoms with Gasteiger partial charge < -0.3 is 10.2 Å². The molecule has 0 bridgehead atoms. The lowest BCUT2D eigenvalue weighted by atomic mass is 10.0. The van der Waals surface area contributed by atoms with Crippen LogP contribution in [0.2, 0.25) is 5.02 Å². The predicted molar refractivity (Wildman–Crippen MR) is 181 cm³/mol. The van der Waals surface area contributed by atoms with Crippen molar-refractivity contribution in [2.24, 2.45) is 0 Å². The number of rotatable bonds is 13. The highest BCUT2D eigenvalue weighted by Crippen LogP contribution is 2.28. The molecule has 0 fully saturated rings. The van der Waals surface area contributed by atoms with Crippen LogP contribution < -0.4 is 9.62 Å². The molecule has 2 amide bonds. The third-order valence-electron chi connectivity index (χ3n) is 7.88. The van der Waals surface area contributed by atoms with Crippen molar-refractivity contribution in [3.8, 4) is 0 Å². The first-order chi connectivity index (χ1) is 21.5. The summed E-state index contributed by atoms with van der Waals surface area (Å²) in [7, 11) is -4.20. The van der Waals surface area contributed by atoms with E-state index in [0.29, 0.717) is 17.3 Å². The largest absolute Gasteiger partial charge is 0.354 e. The number of anilines is 1. The minimum Gasteiger partial charge on any atom is -0.354 e. The molecule has 9 heteroatoms. The Morgan fingerprint density at radius 2 is 1.49 bits per heavy atom. The first kappa shape index (κ1) is 33.7. The number of benzene rings is 4. The van der Waals surface area contributed by atoms with Crippen molar-refractivity contribution in [2.75, 3.05) is 17.4 Å². The summed E-state index contributed by atoms with van der Waals surface area (Å²) >= 11 is 6.07. The van der Waals surface area contributed by atoms with E-state index in [0.717, 1.165) is 38.5 Å². The van der Waals surface area contributed by atoms with Gasteiger partial charge in [0.05, 0.1) is 10.6 Å². The van der Waals surface area contributed by atoms with E-state index in [1.54, 1.807) is 12.1 Å². The van der Waals surface area contributed by atoms with Gasteiger partial charge in [-0.15, -0.1) is 0 Å². The first-order valence-corrected chi connectivity index (χ1v) is 16.8. The van der Waals surface area contributed by atoms with Crippen molar-refractivity contribution < 1.29 is 18.0 Å². The molecule has 0 aliphatic heterocycles. The van der Waals surface area contributed by atoms with Crippen molar-refractivity contribution in [1.82, 2.24) is 10.2 Å². The minimum absolute atomic E-state index is 0.00454. The van der Waals surface area contributed by atoms with Crippen molar-refractivity contribution in [3.63, 3.8) is 0 Å². The molecule has 1 atom stereocenters. The van der Waals surface area contributed by atoms with Gasteiger partial charge in [0.1, 0.15) is 12.6 Å². The van der Waals surface area contributed by atoms with Crippen LogP contribution in [-0.4, -0.2) is 44.3 Å². The SMILES string of the molecule is CCCNC(=O)[C@H](Cc1ccccc1)N(Cc1ccccc1C)C(=O)CN(c1ccc(C)c(C)c1)S(=O)(=O)c1ccc(Cl)cc1. The van der Waals surface area contributed by atoms with E-state index < -0.39 is 28.5 Å². The number of halogens is 1. The Labute approximate surface area is 271 Å². The van der Waals surface area contributed by atoms with Gasteiger partial charge in [-0.05, 0) is 91.4 Å². The molecule has 0 saturated carbocycles. The summed E-state index contributed by atoms with van der Waals surface area (Å²) in [5, 5.41) is 3.37. The molecule has 4 rings (SSSR count). The fourth-order valence-electron chi connectivity index (χ4n) is 5.03. The van der Waals surface area contributed by atoms with E-state index in [4.69, 9.17) is 11.6 Å². The molecule has 0 aliphatic carbocycles. The average Bonchev–Trinajstić information content (AvgIpc) is 3.03. The van der Waals surface area contributed by atoms with Crippen LogP contribution in [0.4, 0.5) is 5.69 Å². The number of carbonyl (C=O) groups is 2. The number of nitrogens with one attached hydrogen (secondary N) is 1. The summed E-state index contributed by atoms with van der Waals surface area (Å²) in [5.74, 6) is -0.789. The number of hydrogen-bond acceptors (Lipinski definition) is 4. The molecule has 0 radical (unpaired) electrons. The lowest BCUT2D eigenvalue weighted by Gasteiger charge is -2.34. The quantitative estimate of drug-likeness (QED) is 0.177. The topological polar surface area (TPSA) is 86.8 Å². The van der Waals surface area contributed by atoms with E-state index in [1.807, 2.05) is 88.4 Å². The summed E-state index contributed by atoms with van der Waals surface area (Å²) in [6.07, 6.45) is 0.997. The normalized spacial score (nSPS) is 11.9. The standard InChI is InChI=1S/C36H40ClN3O4S/c1-5-21-38-36(42)34(23-29-12-7-6-8-13-29)39(24-30-14-10-9-11-27(30)3)35(41)25-40(32-18-15-26(2)28(4)22-32)45(43,44)33-19-16-31(37)17-20-33/h6-20,22,34H,5,21,23-25H2,1-4H3,(H,38,42)/t34-/m0/s1. The Bertz CT molecular complexity index is 1730. The first-order valence-electron chi connectivity index (χ1n) is 15.0. The Morgan fingerprint density at radius 1 is 0.822 bits per heavy atom. The smallest absolute Gasteiger partial charge is 0.264 e. The molecular formula is C36H40ClN3O4S. The van der Waals surface area contributed by atoms with Crippen molar-refractivity contribution in [3.05, 3.63) is 130 Å². The number of hydrogen-bond donors (Lipinski definition) is 1.